The van der Waals surface area contributed by atoms with Gasteiger partial charge in [-0.05, 0) is 52.2 Å². The smallest absolute Gasteiger partial charge is 0.394 e. The highest BCUT2D eigenvalue weighted by Gasteiger charge is 2.20. The summed E-state index contributed by atoms with van der Waals surface area (Å²) in [6, 6.07) is 5.40. The van der Waals surface area contributed by atoms with Crippen LogP contribution < -0.4 is 5.32 Å². The van der Waals surface area contributed by atoms with Crippen LogP contribution in [0.1, 0.15) is 24.8 Å². The zero-order valence-electron chi connectivity index (χ0n) is 13.0. The Morgan fingerprint density at radius 1 is 1.36 bits per heavy atom. The van der Waals surface area contributed by atoms with Gasteiger partial charge in [0.1, 0.15) is 11.9 Å². The summed E-state index contributed by atoms with van der Waals surface area (Å²) >= 11 is 1.97. The maximum atomic E-state index is 13.2. The van der Waals surface area contributed by atoms with E-state index >= 15 is 0 Å². The number of hydrogen-bond acceptors (Lipinski definition) is 5. The van der Waals surface area contributed by atoms with Crippen molar-refractivity contribution in [2.24, 2.45) is 0 Å². The van der Waals surface area contributed by atoms with E-state index in [9.17, 15) is 18.8 Å². The number of carboxylic acid groups (broad SMARTS) is 1. The largest absolute Gasteiger partial charge is 0.474 e. The van der Waals surface area contributed by atoms with Crippen molar-refractivity contribution in [1.82, 2.24) is 4.90 Å². The molecule has 2 N–H and O–H groups in total. The lowest BCUT2D eigenvalue weighted by Gasteiger charge is -2.18. The number of halogens is 2. The highest BCUT2D eigenvalue weighted by Crippen LogP contribution is 2.16. The third kappa shape index (κ3) is 7.27. The molecule has 0 saturated heterocycles. The number of benzene rings is 1. The number of hydrogen-bond donors (Lipinski definition) is 2. The minimum atomic E-state index is -1.51. The molecule has 134 valence electrons. The van der Waals surface area contributed by atoms with Gasteiger partial charge in [-0.15, -0.1) is 0 Å². The first-order valence-corrected chi connectivity index (χ1v) is 10.7. The quantitative estimate of drug-likeness (QED) is 0.257. The molecule has 0 aliphatic heterocycles. The highest BCUT2D eigenvalue weighted by molar-refractivity contribution is 14.2. The Balaban J connectivity index is 2.43. The predicted octanol–water partition coefficient (Wildman–Crippen LogP) is 2.76. The molecule has 2 amide bonds. The normalized spacial score (nSPS) is 9.96. The van der Waals surface area contributed by atoms with Gasteiger partial charge in [0.2, 0.25) is 5.91 Å². The first-order chi connectivity index (χ1) is 11.9. The maximum Gasteiger partial charge on any atom is 0.394 e. The number of carbonyl (C=O) groups is 3. The molecule has 0 spiro atoms. The zero-order valence-corrected chi connectivity index (χ0v) is 16.0. The number of aliphatic carboxylic acids is 1. The number of rotatable bonds is 8. The summed E-state index contributed by atoms with van der Waals surface area (Å²) in [5, 5.41) is 20.0. The van der Waals surface area contributed by atoms with E-state index < -0.39 is 17.7 Å². The third-order valence-electron chi connectivity index (χ3n) is 3.13. The number of anilines is 1. The molecule has 0 bridgehead atoms. The van der Waals surface area contributed by atoms with Crippen molar-refractivity contribution in [3.8, 4) is 6.07 Å². The van der Waals surface area contributed by atoms with Crippen molar-refractivity contribution in [2.45, 2.75) is 19.3 Å². The van der Waals surface area contributed by atoms with Crippen molar-refractivity contribution >= 4 is 53.6 Å². The Morgan fingerprint density at radius 2 is 2.08 bits per heavy atom. The minimum Gasteiger partial charge on any atom is -0.474 e. The highest BCUT2D eigenvalue weighted by atomic mass is 127. The topological polar surface area (TPSA) is 111 Å². The molecule has 10 heteroatoms. The molecule has 0 heterocycles. The van der Waals surface area contributed by atoms with E-state index in [4.69, 9.17) is 10.4 Å². The fourth-order valence-electron chi connectivity index (χ4n) is 1.92. The van der Waals surface area contributed by atoms with Gasteiger partial charge in [0.25, 0.3) is 0 Å². The van der Waals surface area contributed by atoms with Gasteiger partial charge in [0.15, 0.2) is 0 Å². The monoisotopic (exact) mass is 479 g/mol. The van der Waals surface area contributed by atoms with Crippen molar-refractivity contribution in [3.05, 3.63) is 29.6 Å². The number of unbranched alkanes of at least 4 members (excludes halogenated alkanes) is 1. The van der Waals surface area contributed by atoms with Crippen molar-refractivity contribution in [2.75, 3.05) is 17.7 Å². The molecule has 0 saturated carbocycles. The summed E-state index contributed by atoms with van der Waals surface area (Å²) in [6.07, 6.45) is 1.08. The van der Waals surface area contributed by atoms with Gasteiger partial charge < -0.3 is 15.3 Å². The van der Waals surface area contributed by atoms with Gasteiger partial charge in [0.05, 0.1) is 11.4 Å². The Hall–Kier alpha value is -1.87. The van der Waals surface area contributed by atoms with Gasteiger partial charge in [-0.1, -0.05) is 8.93 Å². The zero-order chi connectivity index (χ0) is 18.8. The van der Waals surface area contributed by atoms with Gasteiger partial charge in [0, 0.05) is 18.7 Å². The molecule has 0 atom stereocenters. The van der Waals surface area contributed by atoms with Gasteiger partial charge in [-0.3, -0.25) is 9.59 Å². The third-order valence-corrected chi connectivity index (χ3v) is 4.37. The summed E-state index contributed by atoms with van der Waals surface area (Å²) in [4.78, 5) is 35.2. The summed E-state index contributed by atoms with van der Waals surface area (Å²) in [5.74, 6) is -3.19. The van der Waals surface area contributed by atoms with Gasteiger partial charge >= 0.3 is 11.9 Å². The minimum absolute atomic E-state index is 0.156. The first kappa shape index (κ1) is 21.2. The lowest BCUT2D eigenvalue weighted by atomic mass is 10.2. The summed E-state index contributed by atoms with van der Waals surface area (Å²) in [7, 11) is 1.30. The lowest BCUT2D eigenvalue weighted by Crippen LogP contribution is -2.36. The van der Waals surface area contributed by atoms with E-state index in [-0.39, 0.29) is 30.3 Å². The Labute approximate surface area is 160 Å². The fraction of sp³-hybridized carbons (Fsp3) is 0.333. The molecule has 0 aliphatic carbocycles. The first-order valence-electron chi connectivity index (χ1n) is 7.14. The van der Waals surface area contributed by atoms with Crippen LogP contribution in [0.25, 0.3) is 0 Å². The molecule has 1 rings (SSSR count). The average molecular weight is 479 g/mol. The van der Waals surface area contributed by atoms with E-state index in [0.29, 0.717) is 18.5 Å². The molecule has 0 radical (unpaired) electrons. The average Bonchev–Trinajstić information content (AvgIpc) is 2.58. The molecule has 1 aromatic carbocycles. The Kier molecular flexibility index (Phi) is 9.22. The van der Waals surface area contributed by atoms with Gasteiger partial charge in [-0.25, -0.2) is 9.18 Å². The van der Waals surface area contributed by atoms with Crippen LogP contribution in [0.15, 0.2) is 18.2 Å². The summed E-state index contributed by atoms with van der Waals surface area (Å²) in [6.45, 7) is 0.240. The van der Waals surface area contributed by atoms with Crippen molar-refractivity contribution in [3.63, 3.8) is 0 Å². The van der Waals surface area contributed by atoms with Gasteiger partial charge in [-0.2, -0.15) is 5.26 Å². The molecular formula is C15H15FIN3O4S. The van der Waals surface area contributed by atoms with Crippen LogP contribution in [-0.4, -0.2) is 40.2 Å². The van der Waals surface area contributed by atoms with Crippen molar-refractivity contribution in [1.29, 1.82) is 5.26 Å². The number of carboxylic acids is 1. The molecule has 0 fully saturated rings. The number of carbonyl (C=O) groups excluding carboxylic acids is 2. The van der Waals surface area contributed by atoms with Crippen LogP contribution >= 0.6 is 30.1 Å². The van der Waals surface area contributed by atoms with E-state index in [1.165, 1.54) is 26.0 Å². The number of nitrogens with zero attached hydrogens (tertiary/aromatic N) is 2. The molecule has 0 aliphatic rings. The fourth-order valence-corrected chi connectivity index (χ4v) is 3.29. The lowest BCUT2D eigenvalue weighted by molar-refractivity contribution is -0.155. The molecule has 0 unspecified atom stereocenters. The second-order valence-corrected chi connectivity index (χ2v) is 7.27. The molecule has 7 nitrogen and oxygen atoms in total. The SMILES string of the molecule is N#Cc1cc(NC(=O)CCCCN(CSI)C(=O)C(=O)O)ccc1F. The van der Waals surface area contributed by atoms with Crippen LogP contribution in [-0.2, 0) is 14.4 Å². The maximum absolute atomic E-state index is 13.2. The van der Waals surface area contributed by atoms with E-state index in [1.54, 1.807) is 6.07 Å². The molecule has 25 heavy (non-hydrogen) atoms. The van der Waals surface area contributed by atoms with E-state index in [1.807, 2.05) is 21.2 Å². The second-order valence-electron chi connectivity index (χ2n) is 4.92. The van der Waals surface area contributed by atoms with Crippen molar-refractivity contribution < 1.29 is 23.9 Å². The number of amides is 2. The summed E-state index contributed by atoms with van der Waals surface area (Å²) < 4.78 is 13.2. The summed E-state index contributed by atoms with van der Waals surface area (Å²) in [5.41, 5.74) is 0.170. The van der Waals surface area contributed by atoms with Crippen LogP contribution in [0.4, 0.5) is 10.1 Å². The number of nitrogens with one attached hydrogen (secondary N) is 1. The van der Waals surface area contributed by atoms with Crippen LogP contribution in [0.3, 0.4) is 0 Å². The standard InChI is InChI=1S/C15H15FIN3O4S/c16-12-5-4-11(7-10(12)8-18)19-13(21)3-1-2-6-20(9-25-17)14(22)15(23)24/h4-5,7H,1-3,6,9H2,(H,19,21)(H,23,24). The van der Waals surface area contributed by atoms with Crippen LogP contribution in [0, 0.1) is 17.1 Å². The second kappa shape index (κ2) is 10.9. The van der Waals surface area contributed by atoms with Crippen LogP contribution in [0.2, 0.25) is 0 Å². The molecular weight excluding hydrogens is 464 g/mol. The predicted molar refractivity (Wildman–Crippen MR) is 99.4 cm³/mol. The van der Waals surface area contributed by atoms with Crippen LogP contribution in [0.5, 0.6) is 0 Å². The Bertz CT molecular complexity index is 696. The molecule has 1 aromatic rings. The Morgan fingerprint density at radius 3 is 2.68 bits per heavy atom. The van der Waals surface area contributed by atoms with E-state index in [2.05, 4.69) is 5.32 Å². The van der Waals surface area contributed by atoms with E-state index in [0.717, 1.165) is 6.07 Å². The molecule has 0 aromatic heterocycles. The number of nitriles is 1.